The monoisotopic (exact) mass is 290 g/mol. The molecule has 15 heavy (non-hydrogen) atoms. The topological polar surface area (TPSA) is 25.4 Å². The molecule has 1 atom stereocenters. The summed E-state index contributed by atoms with van der Waals surface area (Å²) in [5.74, 6) is 0.559. The van der Waals surface area contributed by atoms with Gasteiger partial charge in [0, 0.05) is 23.9 Å². The molecule has 2 heterocycles. The minimum Gasteiger partial charge on any atom is -0.381 e. The van der Waals surface area contributed by atoms with E-state index in [1.807, 2.05) is 0 Å². The standard InChI is InChI=1S/C10H15BrN2OS/c1-13(2)5-8-9(15-10(11)12-8)7-3-4-14-6-7/h7H,3-6H2,1-2H3. The average molecular weight is 291 g/mol. The van der Waals surface area contributed by atoms with Crippen molar-refractivity contribution in [2.45, 2.75) is 18.9 Å². The quantitative estimate of drug-likeness (QED) is 0.855. The summed E-state index contributed by atoms with van der Waals surface area (Å²) in [6, 6.07) is 0. The van der Waals surface area contributed by atoms with Crippen LogP contribution in [-0.4, -0.2) is 37.2 Å². The Hall–Kier alpha value is 0.0300. The normalized spacial score (nSPS) is 21.5. The number of nitrogens with zero attached hydrogens (tertiary/aromatic N) is 2. The van der Waals surface area contributed by atoms with Gasteiger partial charge in [0.05, 0.1) is 12.3 Å². The SMILES string of the molecule is CN(C)Cc1nc(Br)sc1C1CCOC1. The summed E-state index contributed by atoms with van der Waals surface area (Å²) in [4.78, 5) is 8.08. The van der Waals surface area contributed by atoms with Crippen molar-refractivity contribution in [3.05, 3.63) is 14.5 Å². The number of hydrogen-bond acceptors (Lipinski definition) is 4. The van der Waals surface area contributed by atoms with Gasteiger partial charge in [-0.25, -0.2) is 4.98 Å². The van der Waals surface area contributed by atoms with Crippen LogP contribution in [0.5, 0.6) is 0 Å². The number of hydrogen-bond donors (Lipinski definition) is 0. The third-order valence-electron chi connectivity index (χ3n) is 2.47. The second-order valence-corrected chi connectivity index (χ2v) is 6.38. The molecule has 1 aliphatic heterocycles. The van der Waals surface area contributed by atoms with Gasteiger partial charge < -0.3 is 9.64 Å². The van der Waals surface area contributed by atoms with Crippen molar-refractivity contribution in [2.24, 2.45) is 0 Å². The van der Waals surface area contributed by atoms with Crippen LogP contribution in [0.3, 0.4) is 0 Å². The molecule has 2 rings (SSSR count). The van der Waals surface area contributed by atoms with Crippen LogP contribution in [0.4, 0.5) is 0 Å². The Morgan fingerprint density at radius 3 is 3.00 bits per heavy atom. The molecule has 3 nitrogen and oxygen atoms in total. The first-order valence-electron chi connectivity index (χ1n) is 5.04. The average Bonchev–Trinajstić information content (AvgIpc) is 2.72. The fourth-order valence-electron chi connectivity index (χ4n) is 1.81. The minimum atomic E-state index is 0.559. The molecule has 1 saturated heterocycles. The van der Waals surface area contributed by atoms with Crippen molar-refractivity contribution in [2.75, 3.05) is 27.3 Å². The van der Waals surface area contributed by atoms with E-state index in [4.69, 9.17) is 4.74 Å². The lowest BCUT2D eigenvalue weighted by molar-refractivity contribution is 0.194. The zero-order chi connectivity index (χ0) is 10.8. The maximum atomic E-state index is 5.43. The highest BCUT2D eigenvalue weighted by Gasteiger charge is 2.24. The molecule has 1 aromatic heterocycles. The van der Waals surface area contributed by atoms with E-state index >= 15 is 0 Å². The molecule has 1 aromatic rings. The third-order valence-corrected chi connectivity index (χ3v) is 4.18. The van der Waals surface area contributed by atoms with Gasteiger partial charge >= 0.3 is 0 Å². The van der Waals surface area contributed by atoms with Gasteiger partial charge in [-0.15, -0.1) is 11.3 Å². The Bertz CT molecular complexity index is 334. The van der Waals surface area contributed by atoms with Gasteiger partial charge in [-0.05, 0) is 36.4 Å². The molecule has 0 spiro atoms. The zero-order valence-electron chi connectivity index (χ0n) is 8.99. The highest BCUT2D eigenvalue weighted by Crippen LogP contribution is 2.35. The predicted molar refractivity (Wildman–Crippen MR) is 65.4 cm³/mol. The molecule has 84 valence electrons. The van der Waals surface area contributed by atoms with Crippen LogP contribution in [0.15, 0.2) is 3.92 Å². The molecule has 0 N–H and O–H groups in total. The first-order valence-corrected chi connectivity index (χ1v) is 6.65. The molecule has 0 amide bonds. The Balaban J connectivity index is 2.20. The van der Waals surface area contributed by atoms with Gasteiger partial charge in [0.1, 0.15) is 0 Å². The first kappa shape index (κ1) is 11.5. The van der Waals surface area contributed by atoms with Gasteiger partial charge in [0.25, 0.3) is 0 Å². The smallest absolute Gasteiger partial charge is 0.159 e. The number of ether oxygens (including phenoxy) is 1. The minimum absolute atomic E-state index is 0.559. The van der Waals surface area contributed by atoms with Crippen molar-refractivity contribution in [3.8, 4) is 0 Å². The molecule has 1 aliphatic rings. The van der Waals surface area contributed by atoms with Crippen molar-refractivity contribution >= 4 is 27.3 Å². The maximum absolute atomic E-state index is 5.43. The second kappa shape index (κ2) is 4.91. The Kier molecular flexibility index (Phi) is 3.77. The highest BCUT2D eigenvalue weighted by atomic mass is 79.9. The lowest BCUT2D eigenvalue weighted by atomic mass is 10.1. The Labute approximate surface area is 103 Å². The van der Waals surface area contributed by atoms with Gasteiger partial charge in [-0.3, -0.25) is 0 Å². The fraction of sp³-hybridized carbons (Fsp3) is 0.700. The van der Waals surface area contributed by atoms with Gasteiger partial charge in [-0.1, -0.05) is 0 Å². The van der Waals surface area contributed by atoms with Crippen molar-refractivity contribution < 1.29 is 4.74 Å². The Morgan fingerprint density at radius 2 is 2.40 bits per heavy atom. The summed E-state index contributed by atoms with van der Waals surface area (Å²) in [5.41, 5.74) is 1.20. The number of rotatable bonds is 3. The van der Waals surface area contributed by atoms with Gasteiger partial charge in [0.15, 0.2) is 3.92 Å². The van der Waals surface area contributed by atoms with E-state index in [1.165, 1.54) is 10.6 Å². The lowest BCUT2D eigenvalue weighted by Gasteiger charge is -2.11. The van der Waals surface area contributed by atoms with Crippen LogP contribution in [0.2, 0.25) is 0 Å². The van der Waals surface area contributed by atoms with Crippen molar-refractivity contribution in [1.29, 1.82) is 0 Å². The summed E-state index contributed by atoms with van der Waals surface area (Å²) in [7, 11) is 4.14. The molecule has 0 saturated carbocycles. The van der Waals surface area contributed by atoms with E-state index < -0.39 is 0 Å². The molecule has 5 heteroatoms. The summed E-state index contributed by atoms with van der Waals surface area (Å²) >= 11 is 5.22. The second-order valence-electron chi connectivity index (χ2n) is 4.08. The maximum Gasteiger partial charge on any atom is 0.159 e. The van der Waals surface area contributed by atoms with E-state index in [0.717, 1.165) is 30.1 Å². The van der Waals surface area contributed by atoms with E-state index in [2.05, 4.69) is 39.9 Å². The van der Waals surface area contributed by atoms with Crippen LogP contribution < -0.4 is 0 Å². The first-order chi connectivity index (χ1) is 7.16. The van der Waals surface area contributed by atoms with Crippen molar-refractivity contribution in [3.63, 3.8) is 0 Å². The van der Waals surface area contributed by atoms with E-state index in [0.29, 0.717) is 5.92 Å². The largest absolute Gasteiger partial charge is 0.381 e. The van der Waals surface area contributed by atoms with Crippen LogP contribution in [-0.2, 0) is 11.3 Å². The number of thiazole rings is 1. The third kappa shape index (κ3) is 2.78. The van der Waals surface area contributed by atoms with E-state index in [1.54, 1.807) is 11.3 Å². The van der Waals surface area contributed by atoms with Crippen molar-refractivity contribution in [1.82, 2.24) is 9.88 Å². The number of aromatic nitrogens is 1. The summed E-state index contributed by atoms with van der Waals surface area (Å²) in [6.07, 6.45) is 1.13. The van der Waals surface area contributed by atoms with Crippen LogP contribution in [0.1, 0.15) is 22.9 Å². The summed E-state index contributed by atoms with van der Waals surface area (Å²) < 4.78 is 6.42. The molecule has 1 fully saturated rings. The van der Waals surface area contributed by atoms with Gasteiger partial charge in [-0.2, -0.15) is 0 Å². The molecule has 0 radical (unpaired) electrons. The number of halogens is 1. The molecular formula is C10H15BrN2OS. The van der Waals surface area contributed by atoms with Crippen LogP contribution >= 0.6 is 27.3 Å². The molecule has 0 aromatic carbocycles. The Morgan fingerprint density at radius 1 is 1.60 bits per heavy atom. The molecule has 0 bridgehead atoms. The predicted octanol–water partition coefficient (Wildman–Crippen LogP) is 2.47. The lowest BCUT2D eigenvalue weighted by Crippen LogP contribution is -2.13. The summed E-state index contributed by atoms with van der Waals surface area (Å²) in [5, 5.41) is 0. The highest BCUT2D eigenvalue weighted by molar-refractivity contribution is 9.11. The molecule has 0 aliphatic carbocycles. The zero-order valence-corrected chi connectivity index (χ0v) is 11.4. The fourth-order valence-corrected chi connectivity index (χ4v) is 3.46. The van der Waals surface area contributed by atoms with Gasteiger partial charge in [0.2, 0.25) is 0 Å². The van der Waals surface area contributed by atoms with E-state index in [-0.39, 0.29) is 0 Å². The molecule has 1 unspecified atom stereocenters. The summed E-state index contributed by atoms with van der Waals surface area (Å²) in [6.45, 7) is 2.66. The van der Waals surface area contributed by atoms with Crippen LogP contribution in [0, 0.1) is 0 Å². The van der Waals surface area contributed by atoms with E-state index in [9.17, 15) is 0 Å². The molecular weight excluding hydrogens is 276 g/mol. The van der Waals surface area contributed by atoms with Crippen LogP contribution in [0.25, 0.3) is 0 Å².